The summed E-state index contributed by atoms with van der Waals surface area (Å²) in [5, 5.41) is 9.72. The van der Waals surface area contributed by atoms with Gasteiger partial charge in [0.1, 0.15) is 0 Å². The van der Waals surface area contributed by atoms with Gasteiger partial charge >= 0.3 is 5.97 Å². The third kappa shape index (κ3) is 2.31. The molecule has 0 aromatic carbocycles. The number of methoxy groups -OCH3 is 1. The maximum atomic E-state index is 11.0. The van der Waals surface area contributed by atoms with Crippen LogP contribution in [0.2, 0.25) is 0 Å². The number of hydrogen-bond acceptors (Lipinski definition) is 3. The number of aliphatic hydroxyl groups is 1. The third-order valence-corrected chi connectivity index (χ3v) is 2.65. The zero-order valence-corrected chi connectivity index (χ0v) is 7.95. The molecule has 0 aliphatic heterocycles. The van der Waals surface area contributed by atoms with Gasteiger partial charge in [-0.05, 0) is 18.8 Å². The molecule has 74 valence electrons. The summed E-state index contributed by atoms with van der Waals surface area (Å²) in [5.41, 5.74) is 0.189. The van der Waals surface area contributed by atoms with Gasteiger partial charge in [-0.15, -0.1) is 0 Å². The zero-order valence-electron chi connectivity index (χ0n) is 7.95. The number of carbonyl (C=O) groups is 1. The van der Waals surface area contributed by atoms with E-state index in [4.69, 9.17) is 0 Å². The molecule has 1 fully saturated rings. The molecule has 1 saturated carbocycles. The summed E-state index contributed by atoms with van der Waals surface area (Å²) in [6.45, 7) is 3.55. The molecule has 13 heavy (non-hydrogen) atoms. The van der Waals surface area contributed by atoms with Crippen LogP contribution in [0.4, 0.5) is 0 Å². The number of esters is 1. The van der Waals surface area contributed by atoms with Crippen molar-refractivity contribution in [2.24, 2.45) is 5.92 Å². The van der Waals surface area contributed by atoms with E-state index in [2.05, 4.69) is 11.3 Å². The van der Waals surface area contributed by atoms with Gasteiger partial charge in [-0.3, -0.25) is 0 Å². The van der Waals surface area contributed by atoms with E-state index in [0.29, 0.717) is 0 Å². The van der Waals surface area contributed by atoms with E-state index in [9.17, 15) is 9.90 Å². The smallest absolute Gasteiger partial charge is 0.335 e. The standard InChI is InChI=1S/C10H16O3/c1-7(10(12)13-2)9(11)8-5-3-4-6-8/h8-9,11H,1,3-6H2,2H3. The summed E-state index contributed by atoms with van der Waals surface area (Å²) in [4.78, 5) is 11.0. The van der Waals surface area contributed by atoms with Crippen molar-refractivity contribution in [3.8, 4) is 0 Å². The van der Waals surface area contributed by atoms with Crippen molar-refractivity contribution in [1.82, 2.24) is 0 Å². The zero-order chi connectivity index (χ0) is 9.84. The van der Waals surface area contributed by atoms with Crippen LogP contribution in [0, 0.1) is 5.92 Å². The molecular weight excluding hydrogens is 168 g/mol. The molecule has 1 rings (SSSR count). The minimum atomic E-state index is -0.713. The van der Waals surface area contributed by atoms with Gasteiger partial charge in [0.2, 0.25) is 0 Å². The molecule has 3 heteroatoms. The lowest BCUT2D eigenvalue weighted by atomic mass is 9.95. The van der Waals surface area contributed by atoms with Crippen molar-refractivity contribution >= 4 is 5.97 Å². The number of carbonyl (C=O) groups excluding carboxylic acids is 1. The average molecular weight is 184 g/mol. The lowest BCUT2D eigenvalue weighted by Crippen LogP contribution is -2.25. The maximum absolute atomic E-state index is 11.0. The van der Waals surface area contributed by atoms with Gasteiger partial charge in [0.05, 0.1) is 18.8 Å². The molecule has 3 nitrogen and oxygen atoms in total. The molecule has 1 aliphatic carbocycles. The van der Waals surface area contributed by atoms with Crippen LogP contribution in [-0.4, -0.2) is 24.3 Å². The predicted octanol–water partition coefficient (Wildman–Crippen LogP) is 1.27. The number of ether oxygens (including phenoxy) is 1. The molecule has 1 N–H and O–H groups in total. The summed E-state index contributed by atoms with van der Waals surface area (Å²) in [6.07, 6.45) is 3.52. The molecular formula is C10H16O3. The molecule has 0 saturated heterocycles. The topological polar surface area (TPSA) is 46.5 Å². The monoisotopic (exact) mass is 184 g/mol. The van der Waals surface area contributed by atoms with Crippen LogP contribution >= 0.6 is 0 Å². The predicted molar refractivity (Wildman–Crippen MR) is 49.1 cm³/mol. The first kappa shape index (κ1) is 10.3. The summed E-state index contributed by atoms with van der Waals surface area (Å²) in [6, 6.07) is 0. The summed E-state index contributed by atoms with van der Waals surface area (Å²) in [7, 11) is 1.30. The van der Waals surface area contributed by atoms with Crippen molar-refractivity contribution in [3.63, 3.8) is 0 Å². The van der Waals surface area contributed by atoms with Gasteiger partial charge in [0, 0.05) is 0 Å². The van der Waals surface area contributed by atoms with Crippen LogP contribution in [0.25, 0.3) is 0 Å². The second kappa shape index (κ2) is 4.42. The molecule has 0 bridgehead atoms. The number of hydrogen-bond donors (Lipinski definition) is 1. The van der Waals surface area contributed by atoms with Crippen LogP contribution in [-0.2, 0) is 9.53 Å². The SMILES string of the molecule is C=C(C(=O)OC)C(O)C1CCCC1. The van der Waals surface area contributed by atoms with E-state index in [1.807, 2.05) is 0 Å². The Balaban J connectivity index is 2.50. The van der Waals surface area contributed by atoms with Crippen molar-refractivity contribution in [2.75, 3.05) is 7.11 Å². The number of aliphatic hydroxyl groups excluding tert-OH is 1. The lowest BCUT2D eigenvalue weighted by molar-refractivity contribution is -0.137. The Morgan fingerprint density at radius 1 is 1.54 bits per heavy atom. The minimum Gasteiger partial charge on any atom is -0.466 e. The molecule has 1 aliphatic rings. The van der Waals surface area contributed by atoms with Gasteiger partial charge in [0.15, 0.2) is 0 Å². The first-order valence-corrected chi connectivity index (χ1v) is 4.62. The van der Waals surface area contributed by atoms with Crippen LogP contribution < -0.4 is 0 Å². The van der Waals surface area contributed by atoms with Crippen molar-refractivity contribution in [3.05, 3.63) is 12.2 Å². The molecule has 1 atom stereocenters. The largest absolute Gasteiger partial charge is 0.466 e. The molecule has 0 heterocycles. The Labute approximate surface area is 78.4 Å². The maximum Gasteiger partial charge on any atom is 0.335 e. The first-order valence-electron chi connectivity index (χ1n) is 4.62. The van der Waals surface area contributed by atoms with Crippen LogP contribution in [0.1, 0.15) is 25.7 Å². The Hall–Kier alpha value is -0.830. The molecule has 0 aromatic heterocycles. The highest BCUT2D eigenvalue weighted by atomic mass is 16.5. The fraction of sp³-hybridized carbons (Fsp3) is 0.700. The van der Waals surface area contributed by atoms with E-state index >= 15 is 0 Å². The summed E-state index contributed by atoms with van der Waals surface area (Å²) < 4.78 is 4.49. The van der Waals surface area contributed by atoms with Crippen molar-refractivity contribution < 1.29 is 14.6 Å². The Bertz CT molecular complexity index is 204. The van der Waals surface area contributed by atoms with E-state index < -0.39 is 12.1 Å². The average Bonchev–Trinajstić information content (AvgIpc) is 2.67. The molecule has 0 spiro atoms. The van der Waals surface area contributed by atoms with Gasteiger partial charge in [-0.2, -0.15) is 0 Å². The second-order valence-electron chi connectivity index (χ2n) is 3.51. The Kier molecular flexibility index (Phi) is 3.48. The van der Waals surface area contributed by atoms with Crippen LogP contribution in [0.15, 0.2) is 12.2 Å². The highest BCUT2D eigenvalue weighted by Crippen LogP contribution is 2.30. The minimum absolute atomic E-state index is 0.189. The first-order chi connectivity index (χ1) is 6.16. The quantitative estimate of drug-likeness (QED) is 0.530. The van der Waals surface area contributed by atoms with Gasteiger partial charge in [0.25, 0.3) is 0 Å². The normalized spacial score (nSPS) is 19.8. The van der Waals surface area contributed by atoms with Gasteiger partial charge in [-0.1, -0.05) is 19.4 Å². The third-order valence-electron chi connectivity index (χ3n) is 2.65. The lowest BCUT2D eigenvalue weighted by Gasteiger charge is -2.18. The number of rotatable bonds is 3. The van der Waals surface area contributed by atoms with Crippen molar-refractivity contribution in [2.45, 2.75) is 31.8 Å². The highest BCUT2D eigenvalue weighted by molar-refractivity contribution is 5.88. The van der Waals surface area contributed by atoms with Crippen LogP contribution in [0.3, 0.4) is 0 Å². The van der Waals surface area contributed by atoms with Crippen molar-refractivity contribution in [1.29, 1.82) is 0 Å². The molecule has 1 unspecified atom stereocenters. The fourth-order valence-corrected chi connectivity index (χ4v) is 1.81. The summed E-state index contributed by atoms with van der Waals surface area (Å²) >= 11 is 0. The van der Waals surface area contributed by atoms with E-state index in [1.165, 1.54) is 7.11 Å². The van der Waals surface area contributed by atoms with Crippen LogP contribution in [0.5, 0.6) is 0 Å². The van der Waals surface area contributed by atoms with E-state index in [-0.39, 0.29) is 11.5 Å². The van der Waals surface area contributed by atoms with E-state index in [0.717, 1.165) is 25.7 Å². The van der Waals surface area contributed by atoms with E-state index in [1.54, 1.807) is 0 Å². The Morgan fingerprint density at radius 3 is 2.54 bits per heavy atom. The summed E-state index contributed by atoms with van der Waals surface area (Å²) in [5.74, 6) is -0.300. The van der Waals surface area contributed by atoms with Gasteiger partial charge in [-0.25, -0.2) is 4.79 Å². The second-order valence-corrected chi connectivity index (χ2v) is 3.51. The van der Waals surface area contributed by atoms with Gasteiger partial charge < -0.3 is 9.84 Å². The molecule has 0 amide bonds. The Morgan fingerprint density at radius 2 is 2.08 bits per heavy atom. The molecule has 0 radical (unpaired) electrons. The fourth-order valence-electron chi connectivity index (χ4n) is 1.81. The molecule has 0 aromatic rings. The highest BCUT2D eigenvalue weighted by Gasteiger charge is 2.28.